The van der Waals surface area contributed by atoms with Gasteiger partial charge in [0.1, 0.15) is 24.7 Å². The zero-order valence-electron chi connectivity index (χ0n) is 11.4. The first-order valence-electron chi connectivity index (χ1n) is 5.92. The van der Waals surface area contributed by atoms with Gasteiger partial charge in [0.15, 0.2) is 11.6 Å². The lowest BCUT2D eigenvalue weighted by Crippen LogP contribution is -2.07. The number of carbonyl (C=O) groups is 2. The van der Waals surface area contributed by atoms with E-state index >= 15 is 0 Å². The standard InChI is InChI=1S/C12H14O4.C2H6/c1-9(13)7-15-11-3-5-12(6-4-11)16-8-10(2)14;1-2/h3-6H,7-8H2,1-2H3;1-2H3. The van der Waals surface area contributed by atoms with E-state index in [2.05, 4.69) is 0 Å². The maximum absolute atomic E-state index is 10.7. The Morgan fingerprint density at radius 1 is 0.833 bits per heavy atom. The summed E-state index contributed by atoms with van der Waals surface area (Å²) in [5.74, 6) is 1.14. The van der Waals surface area contributed by atoms with Crippen LogP contribution in [0.4, 0.5) is 0 Å². The van der Waals surface area contributed by atoms with Crippen molar-refractivity contribution in [3.63, 3.8) is 0 Å². The van der Waals surface area contributed by atoms with E-state index in [0.717, 1.165) is 0 Å². The molecule has 0 heterocycles. The molecular weight excluding hydrogens is 232 g/mol. The van der Waals surface area contributed by atoms with Crippen molar-refractivity contribution in [2.45, 2.75) is 27.7 Å². The zero-order valence-corrected chi connectivity index (χ0v) is 11.4. The maximum atomic E-state index is 10.7. The molecule has 0 saturated heterocycles. The molecule has 18 heavy (non-hydrogen) atoms. The third kappa shape index (κ3) is 7.44. The molecule has 0 spiro atoms. The number of hydrogen-bond acceptors (Lipinski definition) is 4. The van der Waals surface area contributed by atoms with Crippen molar-refractivity contribution >= 4 is 11.6 Å². The Bertz CT molecular complexity index is 331. The van der Waals surface area contributed by atoms with Gasteiger partial charge in [0.25, 0.3) is 0 Å². The maximum Gasteiger partial charge on any atom is 0.167 e. The molecule has 0 aliphatic heterocycles. The third-order valence-electron chi connectivity index (χ3n) is 1.71. The Morgan fingerprint density at radius 2 is 1.11 bits per heavy atom. The van der Waals surface area contributed by atoms with Gasteiger partial charge in [-0.2, -0.15) is 0 Å². The Balaban J connectivity index is 0.00000137. The van der Waals surface area contributed by atoms with E-state index < -0.39 is 0 Å². The molecule has 100 valence electrons. The van der Waals surface area contributed by atoms with Crippen molar-refractivity contribution in [1.29, 1.82) is 0 Å². The van der Waals surface area contributed by atoms with Crippen LogP contribution in [-0.2, 0) is 9.59 Å². The van der Waals surface area contributed by atoms with Crippen LogP contribution in [0.25, 0.3) is 0 Å². The summed E-state index contributed by atoms with van der Waals surface area (Å²) in [7, 11) is 0. The minimum atomic E-state index is -0.0306. The van der Waals surface area contributed by atoms with Crippen molar-refractivity contribution in [2.75, 3.05) is 13.2 Å². The molecule has 0 fully saturated rings. The predicted octanol–water partition coefficient (Wildman–Crippen LogP) is 2.65. The highest BCUT2D eigenvalue weighted by molar-refractivity contribution is 5.77. The lowest BCUT2D eigenvalue weighted by molar-refractivity contribution is -0.119. The van der Waals surface area contributed by atoms with Crippen LogP contribution in [0.2, 0.25) is 0 Å². The van der Waals surface area contributed by atoms with E-state index in [1.165, 1.54) is 13.8 Å². The van der Waals surface area contributed by atoms with Gasteiger partial charge in [-0.15, -0.1) is 0 Å². The van der Waals surface area contributed by atoms with Gasteiger partial charge in [-0.25, -0.2) is 0 Å². The monoisotopic (exact) mass is 252 g/mol. The fourth-order valence-corrected chi connectivity index (χ4v) is 1.00. The number of Topliss-reactive ketones (excluding diaryl/α,β-unsaturated/α-hetero) is 2. The Morgan fingerprint density at radius 3 is 1.33 bits per heavy atom. The second kappa shape index (κ2) is 9.22. The van der Waals surface area contributed by atoms with Crippen molar-refractivity contribution in [1.82, 2.24) is 0 Å². The number of carbonyl (C=O) groups excluding carboxylic acids is 2. The van der Waals surface area contributed by atoms with E-state index in [1.54, 1.807) is 24.3 Å². The van der Waals surface area contributed by atoms with E-state index in [9.17, 15) is 9.59 Å². The van der Waals surface area contributed by atoms with Gasteiger partial charge in [0.2, 0.25) is 0 Å². The molecule has 0 amide bonds. The van der Waals surface area contributed by atoms with Gasteiger partial charge in [0.05, 0.1) is 0 Å². The minimum Gasteiger partial charge on any atom is -0.486 e. The summed E-state index contributed by atoms with van der Waals surface area (Å²) in [6.45, 7) is 7.05. The number of ketones is 2. The largest absolute Gasteiger partial charge is 0.486 e. The van der Waals surface area contributed by atoms with E-state index in [-0.39, 0.29) is 24.8 Å². The fraction of sp³-hybridized carbons (Fsp3) is 0.429. The van der Waals surface area contributed by atoms with Crippen LogP contribution in [0.3, 0.4) is 0 Å². The second-order valence-corrected chi connectivity index (χ2v) is 3.45. The van der Waals surface area contributed by atoms with Crippen LogP contribution in [0.1, 0.15) is 27.7 Å². The molecule has 0 unspecified atom stereocenters. The molecule has 0 atom stereocenters. The molecule has 0 aliphatic rings. The van der Waals surface area contributed by atoms with Crippen LogP contribution in [0, 0.1) is 0 Å². The van der Waals surface area contributed by atoms with Crippen LogP contribution < -0.4 is 9.47 Å². The predicted molar refractivity (Wildman–Crippen MR) is 70.1 cm³/mol. The molecule has 4 nitrogen and oxygen atoms in total. The summed E-state index contributed by atoms with van der Waals surface area (Å²) in [5, 5.41) is 0. The lowest BCUT2D eigenvalue weighted by Gasteiger charge is -2.06. The third-order valence-corrected chi connectivity index (χ3v) is 1.71. The molecule has 0 N–H and O–H groups in total. The molecule has 1 rings (SSSR count). The van der Waals surface area contributed by atoms with Gasteiger partial charge in [0, 0.05) is 0 Å². The first-order valence-corrected chi connectivity index (χ1v) is 5.92. The molecule has 1 aromatic rings. The SMILES string of the molecule is CC.CC(=O)COc1ccc(OCC(C)=O)cc1. The van der Waals surface area contributed by atoms with Crippen LogP contribution >= 0.6 is 0 Å². The number of ether oxygens (including phenoxy) is 2. The zero-order chi connectivity index (χ0) is 14.0. The number of hydrogen-bond donors (Lipinski definition) is 0. The number of benzene rings is 1. The summed E-state index contributed by atoms with van der Waals surface area (Å²) in [6, 6.07) is 6.77. The summed E-state index contributed by atoms with van der Waals surface area (Å²) in [5.41, 5.74) is 0. The molecule has 0 saturated carbocycles. The van der Waals surface area contributed by atoms with Crippen molar-refractivity contribution in [3.8, 4) is 11.5 Å². The van der Waals surface area contributed by atoms with Crippen LogP contribution in [-0.4, -0.2) is 24.8 Å². The molecular formula is C14H20O4. The topological polar surface area (TPSA) is 52.6 Å². The summed E-state index contributed by atoms with van der Waals surface area (Å²) in [6.07, 6.45) is 0. The molecule has 0 aliphatic carbocycles. The fourth-order valence-electron chi connectivity index (χ4n) is 1.00. The highest BCUT2D eigenvalue weighted by Gasteiger charge is 1.99. The molecule has 0 aromatic heterocycles. The van der Waals surface area contributed by atoms with E-state index in [1.807, 2.05) is 13.8 Å². The summed E-state index contributed by atoms with van der Waals surface area (Å²) < 4.78 is 10.4. The quantitative estimate of drug-likeness (QED) is 0.781. The van der Waals surface area contributed by atoms with Gasteiger partial charge >= 0.3 is 0 Å². The van der Waals surface area contributed by atoms with Gasteiger partial charge in [-0.05, 0) is 38.1 Å². The normalized spacial score (nSPS) is 8.89. The van der Waals surface area contributed by atoms with Crippen molar-refractivity contribution < 1.29 is 19.1 Å². The summed E-state index contributed by atoms with van der Waals surface area (Å²) >= 11 is 0. The Labute approximate surface area is 108 Å². The van der Waals surface area contributed by atoms with Gasteiger partial charge < -0.3 is 9.47 Å². The van der Waals surface area contributed by atoms with Crippen LogP contribution in [0.15, 0.2) is 24.3 Å². The van der Waals surface area contributed by atoms with Gasteiger partial charge in [-0.1, -0.05) is 13.8 Å². The Hall–Kier alpha value is -1.84. The second-order valence-electron chi connectivity index (χ2n) is 3.45. The highest BCUT2D eigenvalue weighted by atomic mass is 16.5. The first kappa shape index (κ1) is 16.2. The summed E-state index contributed by atoms with van der Waals surface area (Å²) in [4.78, 5) is 21.3. The highest BCUT2D eigenvalue weighted by Crippen LogP contribution is 2.17. The van der Waals surface area contributed by atoms with Gasteiger partial charge in [-0.3, -0.25) is 9.59 Å². The lowest BCUT2D eigenvalue weighted by atomic mass is 10.3. The average Bonchev–Trinajstić information content (AvgIpc) is 2.37. The molecule has 0 bridgehead atoms. The van der Waals surface area contributed by atoms with Crippen molar-refractivity contribution in [2.24, 2.45) is 0 Å². The van der Waals surface area contributed by atoms with E-state index in [0.29, 0.717) is 11.5 Å². The van der Waals surface area contributed by atoms with E-state index in [4.69, 9.17) is 9.47 Å². The molecule has 0 radical (unpaired) electrons. The Kier molecular flexibility index (Phi) is 8.27. The minimum absolute atomic E-state index is 0.0306. The molecule has 1 aromatic carbocycles. The molecule has 4 heteroatoms. The number of rotatable bonds is 6. The first-order chi connectivity index (χ1) is 8.58. The van der Waals surface area contributed by atoms with Crippen LogP contribution in [0.5, 0.6) is 11.5 Å². The van der Waals surface area contributed by atoms with Crippen molar-refractivity contribution in [3.05, 3.63) is 24.3 Å². The smallest absolute Gasteiger partial charge is 0.167 e. The average molecular weight is 252 g/mol.